The average Bonchev–Trinajstić information content (AvgIpc) is 2.19. The second-order valence-corrected chi connectivity index (χ2v) is 3.39. The maximum Gasteiger partial charge on any atom is 0.573 e. The number of pyridine rings is 1. The van der Waals surface area contributed by atoms with Crippen molar-refractivity contribution in [3.63, 3.8) is 0 Å². The van der Waals surface area contributed by atoms with E-state index in [0.717, 1.165) is 7.11 Å². The zero-order valence-corrected chi connectivity index (χ0v) is 9.54. The number of halogens is 3. The molecule has 0 aromatic carbocycles. The number of aromatic nitrogens is 1. The highest BCUT2D eigenvalue weighted by Gasteiger charge is 2.34. The Morgan fingerprint density at radius 2 is 2.11 bits per heavy atom. The van der Waals surface area contributed by atoms with Gasteiger partial charge >= 0.3 is 12.3 Å². The van der Waals surface area contributed by atoms with Gasteiger partial charge < -0.3 is 14.6 Å². The summed E-state index contributed by atoms with van der Waals surface area (Å²) in [5.74, 6) is -2.11. The zero-order chi connectivity index (χ0) is 13.9. The summed E-state index contributed by atoms with van der Waals surface area (Å²) >= 11 is 0. The molecule has 0 fully saturated rings. The van der Waals surface area contributed by atoms with Crippen molar-refractivity contribution in [1.29, 1.82) is 0 Å². The number of rotatable bonds is 4. The molecule has 1 heterocycles. The standard InChI is InChI=1S/C10H10F3NO4/c1-5-3-6(4-7(15)16)14-9(17-2)8(5)18-10(11,12)13/h3H,4H2,1-2H3,(H,15,16). The van der Waals surface area contributed by atoms with Crippen LogP contribution < -0.4 is 9.47 Å². The maximum absolute atomic E-state index is 12.1. The number of nitrogens with zero attached hydrogens (tertiary/aromatic N) is 1. The Kier molecular flexibility index (Phi) is 4.00. The van der Waals surface area contributed by atoms with Gasteiger partial charge in [0.25, 0.3) is 5.88 Å². The lowest BCUT2D eigenvalue weighted by Crippen LogP contribution is -2.19. The van der Waals surface area contributed by atoms with Crippen molar-refractivity contribution in [3.05, 3.63) is 17.3 Å². The molecule has 1 N–H and O–H groups in total. The lowest BCUT2D eigenvalue weighted by Gasteiger charge is -2.14. The first kappa shape index (κ1) is 14.1. The fourth-order valence-corrected chi connectivity index (χ4v) is 1.32. The third-order valence-corrected chi connectivity index (χ3v) is 1.92. The van der Waals surface area contributed by atoms with Crippen molar-refractivity contribution in [3.8, 4) is 11.6 Å². The molecule has 0 saturated heterocycles. The summed E-state index contributed by atoms with van der Waals surface area (Å²) in [6.45, 7) is 1.34. The van der Waals surface area contributed by atoms with Gasteiger partial charge in [-0.15, -0.1) is 13.2 Å². The predicted molar refractivity (Wildman–Crippen MR) is 53.5 cm³/mol. The van der Waals surface area contributed by atoms with Crippen LogP contribution in [0.25, 0.3) is 0 Å². The van der Waals surface area contributed by atoms with E-state index in [1.54, 1.807) is 0 Å². The van der Waals surface area contributed by atoms with E-state index in [2.05, 4.69) is 14.5 Å². The van der Waals surface area contributed by atoms with Crippen LogP contribution in [0.15, 0.2) is 6.07 Å². The first-order chi connectivity index (χ1) is 8.23. The van der Waals surface area contributed by atoms with E-state index >= 15 is 0 Å². The van der Waals surface area contributed by atoms with Crippen LogP contribution in [-0.2, 0) is 11.2 Å². The van der Waals surface area contributed by atoms with Gasteiger partial charge in [0.15, 0.2) is 5.75 Å². The van der Waals surface area contributed by atoms with Gasteiger partial charge in [0, 0.05) is 0 Å². The fraction of sp³-hybridized carbons (Fsp3) is 0.400. The lowest BCUT2D eigenvalue weighted by atomic mass is 10.2. The third kappa shape index (κ3) is 3.79. The van der Waals surface area contributed by atoms with Crippen LogP contribution in [-0.4, -0.2) is 29.5 Å². The SMILES string of the molecule is COc1nc(CC(=O)O)cc(C)c1OC(F)(F)F. The predicted octanol–water partition coefficient (Wildman–Crippen LogP) is 1.92. The summed E-state index contributed by atoms with van der Waals surface area (Å²) in [7, 11) is 1.12. The molecule has 0 amide bonds. The van der Waals surface area contributed by atoms with Crippen LogP contribution in [0.3, 0.4) is 0 Å². The molecule has 0 aliphatic rings. The van der Waals surface area contributed by atoms with Crippen LogP contribution >= 0.6 is 0 Å². The molecule has 5 nitrogen and oxygen atoms in total. The molecule has 0 unspecified atom stereocenters. The topological polar surface area (TPSA) is 68.7 Å². The highest BCUT2D eigenvalue weighted by atomic mass is 19.4. The molecule has 0 spiro atoms. The van der Waals surface area contributed by atoms with Crippen molar-refractivity contribution in [2.24, 2.45) is 0 Å². The lowest BCUT2D eigenvalue weighted by molar-refractivity contribution is -0.275. The molecule has 18 heavy (non-hydrogen) atoms. The summed E-state index contributed by atoms with van der Waals surface area (Å²) in [4.78, 5) is 14.1. The Morgan fingerprint density at radius 3 is 2.56 bits per heavy atom. The van der Waals surface area contributed by atoms with E-state index in [9.17, 15) is 18.0 Å². The molecule has 0 bridgehead atoms. The number of aliphatic carboxylic acids is 1. The number of carboxylic acids is 1. The Morgan fingerprint density at radius 1 is 1.50 bits per heavy atom. The van der Waals surface area contributed by atoms with Gasteiger partial charge in [0.1, 0.15) is 0 Å². The molecule has 0 saturated carbocycles. The van der Waals surface area contributed by atoms with Crippen molar-refractivity contribution >= 4 is 5.97 Å². The quantitative estimate of drug-likeness (QED) is 0.900. The van der Waals surface area contributed by atoms with Crippen molar-refractivity contribution in [2.45, 2.75) is 19.7 Å². The minimum Gasteiger partial charge on any atom is -0.481 e. The van der Waals surface area contributed by atoms with Gasteiger partial charge in [-0.25, -0.2) is 4.98 Å². The molecule has 1 aromatic rings. The average molecular weight is 265 g/mol. The fourth-order valence-electron chi connectivity index (χ4n) is 1.32. The Balaban J connectivity index is 3.15. The van der Waals surface area contributed by atoms with Crippen molar-refractivity contribution in [1.82, 2.24) is 4.98 Å². The van der Waals surface area contributed by atoms with Gasteiger partial charge in [0.2, 0.25) is 0 Å². The second-order valence-electron chi connectivity index (χ2n) is 3.39. The molecule has 1 aromatic heterocycles. The van der Waals surface area contributed by atoms with Crippen LogP contribution in [0.2, 0.25) is 0 Å². The molecular formula is C10H10F3NO4. The normalized spacial score (nSPS) is 11.2. The Labute approximate surface area is 100 Å². The number of aryl methyl sites for hydroxylation is 1. The monoisotopic (exact) mass is 265 g/mol. The number of methoxy groups -OCH3 is 1. The largest absolute Gasteiger partial charge is 0.573 e. The van der Waals surface area contributed by atoms with Gasteiger partial charge in [-0.3, -0.25) is 4.79 Å². The van der Waals surface area contributed by atoms with Crippen molar-refractivity contribution < 1.29 is 32.5 Å². The van der Waals surface area contributed by atoms with Gasteiger partial charge in [0.05, 0.1) is 19.2 Å². The first-order valence-corrected chi connectivity index (χ1v) is 4.75. The maximum atomic E-state index is 12.1. The number of alkyl halides is 3. The van der Waals surface area contributed by atoms with E-state index in [-0.39, 0.29) is 11.3 Å². The van der Waals surface area contributed by atoms with E-state index < -0.39 is 30.4 Å². The highest BCUT2D eigenvalue weighted by molar-refractivity contribution is 5.69. The third-order valence-electron chi connectivity index (χ3n) is 1.92. The number of ether oxygens (including phenoxy) is 2. The molecule has 0 radical (unpaired) electrons. The molecule has 0 aliphatic carbocycles. The number of carbonyl (C=O) groups is 1. The van der Waals surface area contributed by atoms with Crippen LogP contribution in [0.4, 0.5) is 13.2 Å². The van der Waals surface area contributed by atoms with E-state index in [1.165, 1.54) is 13.0 Å². The summed E-state index contributed by atoms with van der Waals surface area (Å²) in [6.07, 6.45) is -5.28. The summed E-state index contributed by atoms with van der Waals surface area (Å²) < 4.78 is 44.9. The molecule has 0 aliphatic heterocycles. The first-order valence-electron chi connectivity index (χ1n) is 4.75. The van der Waals surface area contributed by atoms with Crippen LogP contribution in [0, 0.1) is 6.92 Å². The van der Waals surface area contributed by atoms with Crippen molar-refractivity contribution in [2.75, 3.05) is 7.11 Å². The minimum absolute atomic E-state index is 0.0892. The van der Waals surface area contributed by atoms with E-state index in [4.69, 9.17) is 5.11 Å². The molecule has 0 atom stereocenters. The zero-order valence-electron chi connectivity index (χ0n) is 9.54. The number of carboxylic acid groups (broad SMARTS) is 1. The van der Waals surface area contributed by atoms with E-state index in [0.29, 0.717) is 0 Å². The minimum atomic E-state index is -4.87. The van der Waals surface area contributed by atoms with E-state index in [1.807, 2.05) is 0 Å². The highest BCUT2D eigenvalue weighted by Crippen LogP contribution is 2.34. The number of hydrogen-bond acceptors (Lipinski definition) is 4. The van der Waals surface area contributed by atoms with Crippen LogP contribution in [0.5, 0.6) is 11.6 Å². The van der Waals surface area contributed by atoms with Crippen LogP contribution in [0.1, 0.15) is 11.3 Å². The molecule has 8 heteroatoms. The van der Waals surface area contributed by atoms with Gasteiger partial charge in [-0.2, -0.15) is 0 Å². The Bertz CT molecular complexity index is 459. The summed E-state index contributed by atoms with van der Waals surface area (Å²) in [5.41, 5.74) is 0.182. The smallest absolute Gasteiger partial charge is 0.481 e. The summed E-state index contributed by atoms with van der Waals surface area (Å²) in [5, 5.41) is 8.59. The second kappa shape index (κ2) is 5.11. The summed E-state index contributed by atoms with van der Waals surface area (Å²) in [6, 6.07) is 1.21. The Hall–Kier alpha value is -1.99. The molecule has 100 valence electrons. The molecular weight excluding hydrogens is 255 g/mol. The van der Waals surface area contributed by atoms with Gasteiger partial charge in [-0.1, -0.05) is 0 Å². The molecule has 1 rings (SSSR count). The number of hydrogen-bond donors (Lipinski definition) is 1. The van der Waals surface area contributed by atoms with Gasteiger partial charge in [-0.05, 0) is 18.6 Å².